The molecule has 0 heterocycles. The van der Waals surface area contributed by atoms with E-state index in [1.54, 1.807) is 0 Å². The quantitative estimate of drug-likeness (QED) is 0.177. The molecule has 1 unspecified atom stereocenters. The van der Waals surface area contributed by atoms with Gasteiger partial charge in [-0.25, -0.2) is 8.42 Å². The van der Waals surface area contributed by atoms with E-state index in [9.17, 15) is 13.0 Å². The molecule has 0 amide bonds. The van der Waals surface area contributed by atoms with Crippen molar-refractivity contribution >= 4 is 10.1 Å². The molecular formula is C21H45NO3S. The molecule has 0 aliphatic carbocycles. The van der Waals surface area contributed by atoms with Crippen LogP contribution in [0.3, 0.4) is 0 Å². The molecule has 0 rings (SSSR count). The molecule has 0 fully saturated rings. The highest BCUT2D eigenvalue weighted by molar-refractivity contribution is 7.85. The number of hydrogen-bond donors (Lipinski definition) is 0. The van der Waals surface area contributed by atoms with Crippen molar-refractivity contribution in [3.05, 3.63) is 0 Å². The van der Waals surface area contributed by atoms with E-state index in [1.807, 2.05) is 0 Å². The maximum Gasteiger partial charge on any atom is 0.0948 e. The second-order valence-corrected chi connectivity index (χ2v) is 10.1. The molecule has 0 aliphatic heterocycles. The maximum absolute atomic E-state index is 10.9. The fourth-order valence-electron chi connectivity index (χ4n) is 3.82. The topological polar surface area (TPSA) is 57.2 Å². The van der Waals surface area contributed by atoms with Crippen LogP contribution in [0, 0.1) is 0 Å². The first-order valence-corrected chi connectivity index (χ1v) is 12.6. The fourth-order valence-corrected chi connectivity index (χ4v) is 4.30. The van der Waals surface area contributed by atoms with Crippen molar-refractivity contribution in [2.24, 2.45) is 0 Å². The van der Waals surface area contributed by atoms with Crippen LogP contribution in [0.5, 0.6) is 0 Å². The molecule has 0 aromatic rings. The number of nitrogens with zero attached hydrogens (tertiary/aromatic N) is 1. The summed E-state index contributed by atoms with van der Waals surface area (Å²) in [4.78, 5) is 0. The van der Waals surface area contributed by atoms with Crippen molar-refractivity contribution in [2.45, 2.75) is 110 Å². The summed E-state index contributed by atoms with van der Waals surface area (Å²) in [6, 6.07) is 0.580. The minimum atomic E-state index is -4.09. The fraction of sp³-hybridized carbons (Fsp3) is 1.00. The van der Waals surface area contributed by atoms with Gasteiger partial charge < -0.3 is 9.04 Å². The maximum atomic E-state index is 10.9. The Labute approximate surface area is 164 Å². The van der Waals surface area contributed by atoms with E-state index in [4.69, 9.17) is 0 Å². The molecule has 1 atom stereocenters. The summed E-state index contributed by atoms with van der Waals surface area (Å²) in [5, 5.41) is 0. The van der Waals surface area contributed by atoms with Crippen molar-refractivity contribution in [1.82, 2.24) is 0 Å². The van der Waals surface area contributed by atoms with E-state index in [-0.39, 0.29) is 5.75 Å². The molecule has 0 saturated carbocycles. The van der Waals surface area contributed by atoms with Gasteiger partial charge in [-0.1, -0.05) is 71.6 Å². The first kappa shape index (κ1) is 25.9. The van der Waals surface area contributed by atoms with Gasteiger partial charge in [0.25, 0.3) is 0 Å². The average molecular weight is 392 g/mol. The third-order valence-corrected chi connectivity index (χ3v) is 6.44. The lowest BCUT2D eigenvalue weighted by Crippen LogP contribution is -2.49. The Hall–Kier alpha value is -0.130. The molecule has 0 aromatic carbocycles. The van der Waals surface area contributed by atoms with Crippen molar-refractivity contribution in [1.29, 1.82) is 0 Å². The summed E-state index contributed by atoms with van der Waals surface area (Å²) in [6.07, 6.45) is 17.3. The van der Waals surface area contributed by atoms with Crippen LogP contribution in [0.4, 0.5) is 0 Å². The highest BCUT2D eigenvalue weighted by Gasteiger charge is 2.27. The number of unbranched alkanes of at least 4 members (excludes halogenated alkanes) is 9. The normalized spacial score (nSPS) is 13.9. The zero-order valence-electron chi connectivity index (χ0n) is 18.0. The van der Waals surface area contributed by atoms with E-state index in [1.165, 1.54) is 83.5 Å². The smallest absolute Gasteiger partial charge is 0.0948 e. The standard InChI is InChI=1S/C21H45NO3S/c1-5-7-9-11-12-13-15-18-21(17-14-10-8-6-2)22(3,4)19-16-20-26(23,24)25/h21H,5-20H2,1-4H3. The lowest BCUT2D eigenvalue weighted by Gasteiger charge is -2.39. The molecule has 158 valence electrons. The molecule has 0 N–H and O–H groups in total. The highest BCUT2D eigenvalue weighted by Crippen LogP contribution is 2.22. The number of rotatable bonds is 18. The molecule has 0 aromatic heterocycles. The molecular weight excluding hydrogens is 346 g/mol. The van der Waals surface area contributed by atoms with Gasteiger partial charge in [0.15, 0.2) is 0 Å². The van der Waals surface area contributed by atoms with Gasteiger partial charge in [-0.2, -0.15) is 0 Å². The Kier molecular flexibility index (Phi) is 14.8. The van der Waals surface area contributed by atoms with Crippen LogP contribution in [-0.4, -0.2) is 49.9 Å². The Balaban J connectivity index is 4.36. The first-order valence-electron chi connectivity index (χ1n) is 11.0. The van der Waals surface area contributed by atoms with Gasteiger partial charge in [0.2, 0.25) is 0 Å². The molecule has 0 aliphatic rings. The third kappa shape index (κ3) is 15.0. The Morgan fingerprint density at radius 2 is 1.15 bits per heavy atom. The van der Waals surface area contributed by atoms with Crippen LogP contribution in [0.2, 0.25) is 0 Å². The predicted molar refractivity (Wildman–Crippen MR) is 111 cm³/mol. The van der Waals surface area contributed by atoms with Crippen molar-refractivity contribution in [2.75, 3.05) is 26.4 Å². The summed E-state index contributed by atoms with van der Waals surface area (Å²) >= 11 is 0. The predicted octanol–water partition coefficient (Wildman–Crippen LogP) is 5.48. The van der Waals surface area contributed by atoms with Gasteiger partial charge in [-0.3, -0.25) is 0 Å². The van der Waals surface area contributed by atoms with Crippen LogP contribution >= 0.6 is 0 Å². The van der Waals surface area contributed by atoms with Crippen LogP contribution in [0.15, 0.2) is 0 Å². The van der Waals surface area contributed by atoms with E-state index in [0.29, 0.717) is 12.5 Å². The number of quaternary nitrogens is 1. The Morgan fingerprint density at radius 3 is 1.62 bits per heavy atom. The van der Waals surface area contributed by atoms with E-state index in [0.717, 1.165) is 11.0 Å². The van der Waals surface area contributed by atoms with E-state index < -0.39 is 10.1 Å². The van der Waals surface area contributed by atoms with Gasteiger partial charge in [0.05, 0.1) is 36.8 Å². The lowest BCUT2D eigenvalue weighted by molar-refractivity contribution is -0.915. The summed E-state index contributed by atoms with van der Waals surface area (Å²) < 4.78 is 33.5. The van der Waals surface area contributed by atoms with Gasteiger partial charge in [0, 0.05) is 12.2 Å². The molecule has 0 saturated heterocycles. The van der Waals surface area contributed by atoms with Crippen LogP contribution in [0.25, 0.3) is 0 Å². The first-order chi connectivity index (χ1) is 12.2. The van der Waals surface area contributed by atoms with Crippen LogP contribution < -0.4 is 0 Å². The highest BCUT2D eigenvalue weighted by atomic mass is 32.2. The largest absolute Gasteiger partial charge is 0.748 e. The molecule has 0 radical (unpaired) electrons. The summed E-state index contributed by atoms with van der Waals surface area (Å²) in [7, 11) is 0.334. The second-order valence-electron chi connectivity index (χ2n) is 8.53. The van der Waals surface area contributed by atoms with Gasteiger partial charge >= 0.3 is 0 Å². The molecule has 5 heteroatoms. The van der Waals surface area contributed by atoms with Crippen LogP contribution in [-0.2, 0) is 10.1 Å². The van der Waals surface area contributed by atoms with Gasteiger partial charge in [0.1, 0.15) is 0 Å². The summed E-state index contributed by atoms with van der Waals surface area (Å²) in [5.74, 6) is -0.228. The molecule has 26 heavy (non-hydrogen) atoms. The zero-order chi connectivity index (χ0) is 19.9. The van der Waals surface area contributed by atoms with E-state index in [2.05, 4.69) is 27.9 Å². The van der Waals surface area contributed by atoms with Crippen molar-refractivity contribution < 1.29 is 17.5 Å². The summed E-state index contributed by atoms with van der Waals surface area (Å²) in [5.41, 5.74) is 0. The Morgan fingerprint density at radius 1 is 0.731 bits per heavy atom. The molecule has 0 bridgehead atoms. The van der Waals surface area contributed by atoms with Gasteiger partial charge in [-0.15, -0.1) is 0 Å². The van der Waals surface area contributed by atoms with Crippen molar-refractivity contribution in [3.63, 3.8) is 0 Å². The molecule has 4 nitrogen and oxygen atoms in total. The zero-order valence-corrected chi connectivity index (χ0v) is 18.8. The lowest BCUT2D eigenvalue weighted by atomic mass is 9.97. The van der Waals surface area contributed by atoms with Crippen molar-refractivity contribution in [3.8, 4) is 0 Å². The summed E-state index contributed by atoms with van der Waals surface area (Å²) in [6.45, 7) is 5.26. The van der Waals surface area contributed by atoms with E-state index >= 15 is 0 Å². The minimum absolute atomic E-state index is 0.228. The SMILES string of the molecule is CCCCCCCCCC(CCCCCC)[N+](C)(C)CCCS(=O)(=O)[O-]. The second kappa shape index (κ2) is 14.9. The van der Waals surface area contributed by atoms with Crippen LogP contribution in [0.1, 0.15) is 104 Å². The number of hydrogen-bond acceptors (Lipinski definition) is 3. The Bertz CT molecular complexity index is 421. The minimum Gasteiger partial charge on any atom is -0.748 e. The molecule has 0 spiro atoms. The monoisotopic (exact) mass is 391 g/mol. The average Bonchev–Trinajstić information content (AvgIpc) is 2.54. The third-order valence-electron chi connectivity index (χ3n) is 5.65. The van der Waals surface area contributed by atoms with Gasteiger partial charge in [-0.05, 0) is 25.7 Å².